The van der Waals surface area contributed by atoms with E-state index in [-0.39, 0.29) is 5.69 Å². The first-order valence-corrected chi connectivity index (χ1v) is 6.21. The molecular formula is C14H15NO3. The van der Waals surface area contributed by atoms with E-state index in [1.165, 1.54) is 12.8 Å². The van der Waals surface area contributed by atoms with Gasteiger partial charge >= 0.3 is 5.97 Å². The Bertz CT molecular complexity index is 584. The van der Waals surface area contributed by atoms with Gasteiger partial charge in [-0.05, 0) is 36.6 Å². The fourth-order valence-electron chi connectivity index (χ4n) is 2.07. The van der Waals surface area contributed by atoms with Gasteiger partial charge < -0.3 is 14.8 Å². The molecule has 1 aliphatic carbocycles. The third-order valence-corrected chi connectivity index (χ3v) is 3.31. The Hall–Kier alpha value is -1.97. The number of carboxylic acids is 1. The van der Waals surface area contributed by atoms with E-state index in [0.717, 1.165) is 35.6 Å². The van der Waals surface area contributed by atoms with Gasteiger partial charge in [-0.1, -0.05) is 12.8 Å². The van der Waals surface area contributed by atoms with E-state index in [9.17, 15) is 4.79 Å². The Labute approximate surface area is 105 Å². The Kier molecular flexibility index (Phi) is 2.70. The van der Waals surface area contributed by atoms with Gasteiger partial charge in [0.05, 0.1) is 6.61 Å². The molecule has 4 nitrogen and oxygen atoms in total. The first-order chi connectivity index (χ1) is 8.72. The molecule has 0 aliphatic heterocycles. The van der Waals surface area contributed by atoms with Crippen molar-refractivity contribution in [3.8, 4) is 5.75 Å². The zero-order valence-electron chi connectivity index (χ0n) is 9.98. The summed E-state index contributed by atoms with van der Waals surface area (Å²) in [6, 6.07) is 7.24. The third-order valence-electron chi connectivity index (χ3n) is 3.31. The predicted molar refractivity (Wildman–Crippen MR) is 68.1 cm³/mol. The number of ether oxygens (including phenoxy) is 1. The van der Waals surface area contributed by atoms with Crippen molar-refractivity contribution in [2.24, 2.45) is 5.92 Å². The molecule has 1 fully saturated rings. The topological polar surface area (TPSA) is 62.3 Å². The van der Waals surface area contributed by atoms with Gasteiger partial charge in [-0.3, -0.25) is 0 Å². The summed E-state index contributed by atoms with van der Waals surface area (Å²) in [7, 11) is 0. The lowest BCUT2D eigenvalue weighted by Crippen LogP contribution is -1.97. The number of carboxylic acid groups (broad SMARTS) is 1. The average molecular weight is 245 g/mol. The molecule has 94 valence electrons. The minimum absolute atomic E-state index is 0.208. The summed E-state index contributed by atoms with van der Waals surface area (Å²) in [5.41, 5.74) is 1.03. The van der Waals surface area contributed by atoms with Crippen LogP contribution < -0.4 is 4.74 Å². The molecule has 1 heterocycles. The molecule has 1 aromatic heterocycles. The Morgan fingerprint density at radius 2 is 2.22 bits per heavy atom. The second-order valence-corrected chi connectivity index (χ2v) is 4.82. The molecule has 0 amide bonds. The molecule has 18 heavy (non-hydrogen) atoms. The second-order valence-electron chi connectivity index (χ2n) is 4.82. The van der Waals surface area contributed by atoms with E-state index >= 15 is 0 Å². The van der Waals surface area contributed by atoms with Crippen molar-refractivity contribution in [2.45, 2.75) is 19.3 Å². The second kappa shape index (κ2) is 4.37. The number of carbonyl (C=O) groups is 1. The highest BCUT2D eigenvalue weighted by atomic mass is 16.5. The summed E-state index contributed by atoms with van der Waals surface area (Å²) in [4.78, 5) is 13.7. The molecule has 1 aromatic carbocycles. The first kappa shape index (κ1) is 11.1. The molecule has 1 saturated carbocycles. The van der Waals surface area contributed by atoms with E-state index in [2.05, 4.69) is 4.98 Å². The van der Waals surface area contributed by atoms with Crippen LogP contribution in [0.15, 0.2) is 24.3 Å². The van der Waals surface area contributed by atoms with Crippen molar-refractivity contribution in [3.05, 3.63) is 30.0 Å². The van der Waals surface area contributed by atoms with Crippen LogP contribution in [0.4, 0.5) is 0 Å². The summed E-state index contributed by atoms with van der Waals surface area (Å²) in [5.74, 6) is 0.723. The SMILES string of the molecule is O=C(O)c1cc2cc(OCCC3CC3)ccc2[nH]1. The molecule has 0 saturated heterocycles. The van der Waals surface area contributed by atoms with E-state index in [4.69, 9.17) is 9.84 Å². The van der Waals surface area contributed by atoms with Crippen molar-refractivity contribution < 1.29 is 14.6 Å². The molecule has 2 N–H and O–H groups in total. The summed E-state index contributed by atoms with van der Waals surface area (Å²) < 4.78 is 5.67. The average Bonchev–Trinajstić information content (AvgIpc) is 3.06. The molecule has 1 aliphatic rings. The van der Waals surface area contributed by atoms with Gasteiger partial charge in [0.15, 0.2) is 0 Å². The van der Waals surface area contributed by atoms with E-state index in [1.54, 1.807) is 6.07 Å². The maximum Gasteiger partial charge on any atom is 0.352 e. The number of aromatic nitrogens is 1. The molecule has 3 rings (SSSR count). The number of aromatic amines is 1. The number of fused-ring (bicyclic) bond motifs is 1. The molecule has 0 radical (unpaired) electrons. The maximum atomic E-state index is 10.8. The van der Waals surface area contributed by atoms with Gasteiger partial charge in [-0.25, -0.2) is 4.79 Å². The fraction of sp³-hybridized carbons (Fsp3) is 0.357. The lowest BCUT2D eigenvalue weighted by Gasteiger charge is -2.05. The van der Waals surface area contributed by atoms with Gasteiger partial charge in [-0.2, -0.15) is 0 Å². The van der Waals surface area contributed by atoms with Crippen LogP contribution >= 0.6 is 0 Å². The van der Waals surface area contributed by atoms with Crippen LogP contribution in [0.25, 0.3) is 10.9 Å². The number of nitrogens with one attached hydrogen (secondary N) is 1. The van der Waals surface area contributed by atoms with E-state index < -0.39 is 5.97 Å². The molecule has 0 spiro atoms. The summed E-state index contributed by atoms with van der Waals surface area (Å²) in [6.45, 7) is 0.742. The summed E-state index contributed by atoms with van der Waals surface area (Å²) in [5, 5.41) is 9.77. The Morgan fingerprint density at radius 3 is 2.94 bits per heavy atom. The Morgan fingerprint density at radius 1 is 1.39 bits per heavy atom. The van der Waals surface area contributed by atoms with Crippen LogP contribution in [0.1, 0.15) is 29.8 Å². The smallest absolute Gasteiger partial charge is 0.352 e. The third kappa shape index (κ3) is 2.32. The highest BCUT2D eigenvalue weighted by Gasteiger charge is 2.20. The molecule has 0 atom stereocenters. The van der Waals surface area contributed by atoms with Crippen LogP contribution in [0.3, 0.4) is 0 Å². The number of aromatic carboxylic acids is 1. The van der Waals surface area contributed by atoms with Crippen molar-refractivity contribution in [1.82, 2.24) is 4.98 Å². The summed E-state index contributed by atoms with van der Waals surface area (Å²) >= 11 is 0. The molecule has 0 bridgehead atoms. The predicted octanol–water partition coefficient (Wildman–Crippen LogP) is 3.05. The maximum absolute atomic E-state index is 10.8. The Balaban J connectivity index is 1.74. The van der Waals surface area contributed by atoms with Crippen LogP contribution in [-0.2, 0) is 0 Å². The number of hydrogen-bond acceptors (Lipinski definition) is 2. The van der Waals surface area contributed by atoms with Gasteiger partial charge in [-0.15, -0.1) is 0 Å². The van der Waals surface area contributed by atoms with Crippen molar-refractivity contribution in [2.75, 3.05) is 6.61 Å². The van der Waals surface area contributed by atoms with Crippen LogP contribution in [-0.4, -0.2) is 22.7 Å². The number of H-pyrrole nitrogens is 1. The fourth-order valence-corrected chi connectivity index (χ4v) is 2.07. The minimum atomic E-state index is -0.942. The highest BCUT2D eigenvalue weighted by Crippen LogP contribution is 2.32. The van der Waals surface area contributed by atoms with Crippen molar-refractivity contribution in [3.63, 3.8) is 0 Å². The molecular weight excluding hydrogens is 230 g/mol. The first-order valence-electron chi connectivity index (χ1n) is 6.21. The van der Waals surface area contributed by atoms with Crippen LogP contribution in [0, 0.1) is 5.92 Å². The largest absolute Gasteiger partial charge is 0.494 e. The molecule has 4 heteroatoms. The number of hydrogen-bond donors (Lipinski definition) is 2. The van der Waals surface area contributed by atoms with E-state index in [1.807, 2.05) is 18.2 Å². The quantitative estimate of drug-likeness (QED) is 0.851. The van der Waals surface area contributed by atoms with Crippen molar-refractivity contribution >= 4 is 16.9 Å². The lowest BCUT2D eigenvalue weighted by molar-refractivity contribution is 0.0691. The summed E-state index contributed by atoms with van der Waals surface area (Å²) in [6.07, 6.45) is 3.79. The normalized spacial score (nSPS) is 14.9. The standard InChI is InChI=1S/C14H15NO3/c16-14(17)13-8-10-7-11(3-4-12(10)15-13)18-6-5-9-1-2-9/h3-4,7-9,15H,1-2,5-6H2,(H,16,17). The minimum Gasteiger partial charge on any atom is -0.494 e. The monoisotopic (exact) mass is 245 g/mol. The molecule has 2 aromatic rings. The number of benzene rings is 1. The number of rotatable bonds is 5. The van der Waals surface area contributed by atoms with Crippen LogP contribution in [0.2, 0.25) is 0 Å². The van der Waals surface area contributed by atoms with Crippen molar-refractivity contribution in [1.29, 1.82) is 0 Å². The highest BCUT2D eigenvalue weighted by molar-refractivity contribution is 5.94. The van der Waals surface area contributed by atoms with E-state index in [0.29, 0.717) is 0 Å². The zero-order valence-corrected chi connectivity index (χ0v) is 9.98. The van der Waals surface area contributed by atoms with Gasteiger partial charge in [0.25, 0.3) is 0 Å². The molecule has 0 unspecified atom stereocenters. The van der Waals surface area contributed by atoms with Crippen LogP contribution in [0.5, 0.6) is 5.75 Å². The lowest BCUT2D eigenvalue weighted by atomic mass is 10.2. The van der Waals surface area contributed by atoms with Gasteiger partial charge in [0, 0.05) is 10.9 Å². The zero-order chi connectivity index (χ0) is 12.5. The van der Waals surface area contributed by atoms with Gasteiger partial charge in [0.2, 0.25) is 0 Å². The van der Waals surface area contributed by atoms with Gasteiger partial charge in [0.1, 0.15) is 11.4 Å².